The molecule has 0 unspecified atom stereocenters. The fraction of sp³-hybridized carbons (Fsp3) is 0.353. The van der Waals surface area contributed by atoms with Gasteiger partial charge < -0.3 is 19.4 Å². The summed E-state index contributed by atoms with van der Waals surface area (Å²) in [6.45, 7) is 4.81. The number of ether oxygens (including phenoxy) is 1. The fourth-order valence-corrected chi connectivity index (χ4v) is 2.46. The maximum absolute atomic E-state index is 12.2. The highest BCUT2D eigenvalue weighted by atomic mass is 16.5. The van der Waals surface area contributed by atoms with Gasteiger partial charge >= 0.3 is 17.6 Å². The Morgan fingerprint density at radius 2 is 1.88 bits per heavy atom. The summed E-state index contributed by atoms with van der Waals surface area (Å²) in [6.07, 6.45) is -1.11. The molecule has 0 fully saturated rings. The van der Waals surface area contributed by atoms with Crippen LogP contribution in [0.5, 0.6) is 5.75 Å². The summed E-state index contributed by atoms with van der Waals surface area (Å²) in [5, 5.41) is 18.4. The summed E-state index contributed by atoms with van der Waals surface area (Å²) < 4.78 is 10.7. The van der Waals surface area contributed by atoms with Crippen molar-refractivity contribution >= 4 is 22.9 Å². The molecule has 1 heterocycles. The van der Waals surface area contributed by atoms with Gasteiger partial charge in [-0.2, -0.15) is 0 Å². The van der Waals surface area contributed by atoms with Crippen LogP contribution < -0.4 is 10.4 Å². The van der Waals surface area contributed by atoms with Gasteiger partial charge in [-0.25, -0.2) is 9.59 Å². The van der Waals surface area contributed by atoms with E-state index in [1.807, 2.05) is 0 Å². The third-order valence-electron chi connectivity index (χ3n) is 3.89. The predicted octanol–water partition coefficient (Wildman–Crippen LogP) is 2.28. The van der Waals surface area contributed by atoms with Crippen LogP contribution in [0.3, 0.4) is 0 Å². The summed E-state index contributed by atoms with van der Waals surface area (Å²) in [6, 6.07) is 3.29. The van der Waals surface area contributed by atoms with Crippen molar-refractivity contribution in [1.82, 2.24) is 0 Å². The predicted molar refractivity (Wildman–Crippen MR) is 85.6 cm³/mol. The number of carboxylic acid groups (broad SMARTS) is 2. The van der Waals surface area contributed by atoms with Gasteiger partial charge in [0.15, 0.2) is 6.10 Å². The zero-order chi connectivity index (χ0) is 18.0. The molecule has 0 aliphatic rings. The van der Waals surface area contributed by atoms with Crippen LogP contribution in [0.2, 0.25) is 0 Å². The minimum absolute atomic E-state index is 0.0901. The number of benzene rings is 1. The van der Waals surface area contributed by atoms with E-state index in [-0.39, 0.29) is 12.8 Å². The molecule has 24 heavy (non-hydrogen) atoms. The monoisotopic (exact) mass is 334 g/mol. The quantitative estimate of drug-likeness (QED) is 0.779. The van der Waals surface area contributed by atoms with Gasteiger partial charge in [-0.3, -0.25) is 4.79 Å². The average Bonchev–Trinajstić information content (AvgIpc) is 2.49. The van der Waals surface area contributed by atoms with E-state index >= 15 is 0 Å². The molecule has 7 heteroatoms. The standard InChI is InChI=1S/C17H18O7/c1-8-11-4-6-13(23-10(3)16(20)21)9(2)15(11)24-17(22)12(8)5-7-14(18)19/h4,6,10H,5,7H2,1-3H3,(H,18,19)(H,20,21)/t10-/m0/s1. The second kappa shape index (κ2) is 6.74. The van der Waals surface area contributed by atoms with Gasteiger partial charge in [0.2, 0.25) is 0 Å². The number of rotatable bonds is 6. The second-order valence-corrected chi connectivity index (χ2v) is 5.55. The lowest BCUT2D eigenvalue weighted by molar-refractivity contribution is -0.144. The van der Waals surface area contributed by atoms with Crippen molar-refractivity contribution in [3.63, 3.8) is 0 Å². The van der Waals surface area contributed by atoms with Gasteiger partial charge in [-0.05, 0) is 44.9 Å². The summed E-state index contributed by atoms with van der Waals surface area (Å²) in [7, 11) is 0. The first-order valence-corrected chi connectivity index (χ1v) is 7.39. The van der Waals surface area contributed by atoms with Crippen LogP contribution in [0.15, 0.2) is 21.3 Å². The molecule has 0 radical (unpaired) electrons. The van der Waals surface area contributed by atoms with Crippen LogP contribution in [0.4, 0.5) is 0 Å². The summed E-state index contributed by atoms with van der Waals surface area (Å²) in [5.74, 6) is -1.77. The van der Waals surface area contributed by atoms with Crippen molar-refractivity contribution in [3.05, 3.63) is 39.2 Å². The highest BCUT2D eigenvalue weighted by Gasteiger charge is 2.18. The molecule has 2 N–H and O–H groups in total. The Hall–Kier alpha value is -2.83. The molecule has 1 aromatic carbocycles. The molecule has 128 valence electrons. The maximum atomic E-state index is 12.2. The summed E-state index contributed by atoms with van der Waals surface area (Å²) in [4.78, 5) is 33.8. The number of aliphatic carboxylic acids is 2. The topological polar surface area (TPSA) is 114 Å². The van der Waals surface area contributed by atoms with E-state index < -0.39 is 23.7 Å². The zero-order valence-electron chi connectivity index (χ0n) is 13.6. The van der Waals surface area contributed by atoms with E-state index in [1.54, 1.807) is 26.0 Å². The average molecular weight is 334 g/mol. The normalized spacial score (nSPS) is 12.1. The maximum Gasteiger partial charge on any atom is 0.344 e. The summed E-state index contributed by atoms with van der Waals surface area (Å²) >= 11 is 0. The first kappa shape index (κ1) is 17.5. The number of carboxylic acids is 2. The lowest BCUT2D eigenvalue weighted by atomic mass is 10.0. The SMILES string of the molecule is Cc1c(CCC(=O)O)c(=O)oc2c(C)c(O[C@@H](C)C(=O)O)ccc12. The van der Waals surface area contributed by atoms with E-state index in [9.17, 15) is 14.4 Å². The van der Waals surface area contributed by atoms with E-state index in [4.69, 9.17) is 19.4 Å². The lowest BCUT2D eigenvalue weighted by Gasteiger charge is -2.15. The van der Waals surface area contributed by atoms with E-state index in [2.05, 4.69) is 0 Å². The van der Waals surface area contributed by atoms with Crippen molar-refractivity contribution in [3.8, 4) is 5.75 Å². The molecule has 0 spiro atoms. The van der Waals surface area contributed by atoms with Crippen LogP contribution in [-0.4, -0.2) is 28.3 Å². The first-order valence-electron chi connectivity index (χ1n) is 7.39. The van der Waals surface area contributed by atoms with Crippen molar-refractivity contribution in [1.29, 1.82) is 0 Å². The Labute approximate surface area is 137 Å². The number of fused-ring (bicyclic) bond motifs is 1. The molecule has 2 aromatic rings. The molecule has 0 aliphatic carbocycles. The van der Waals surface area contributed by atoms with Gasteiger partial charge in [0.25, 0.3) is 0 Å². The Morgan fingerprint density at radius 3 is 2.46 bits per heavy atom. The van der Waals surface area contributed by atoms with Crippen molar-refractivity contribution in [2.75, 3.05) is 0 Å². The minimum atomic E-state index is -1.10. The molecule has 2 rings (SSSR count). The number of hydrogen-bond donors (Lipinski definition) is 2. The Balaban J connectivity index is 2.53. The molecule has 7 nitrogen and oxygen atoms in total. The molecule has 0 bridgehead atoms. The van der Waals surface area contributed by atoms with Crippen LogP contribution in [0.25, 0.3) is 11.0 Å². The lowest BCUT2D eigenvalue weighted by Crippen LogP contribution is -2.23. The second-order valence-electron chi connectivity index (χ2n) is 5.55. The van der Waals surface area contributed by atoms with Gasteiger partial charge in [-0.15, -0.1) is 0 Å². The van der Waals surface area contributed by atoms with Crippen molar-refractivity contribution in [2.45, 2.75) is 39.7 Å². The zero-order valence-corrected chi connectivity index (χ0v) is 13.6. The molecule has 0 amide bonds. The molecular formula is C17H18O7. The van der Waals surface area contributed by atoms with Crippen LogP contribution in [0.1, 0.15) is 30.0 Å². The molecule has 1 aromatic heterocycles. The van der Waals surface area contributed by atoms with Crippen molar-refractivity contribution < 1.29 is 29.0 Å². The largest absolute Gasteiger partial charge is 0.481 e. The summed E-state index contributed by atoms with van der Waals surface area (Å²) in [5.41, 5.74) is 1.23. The fourth-order valence-electron chi connectivity index (χ4n) is 2.46. The number of carbonyl (C=O) groups is 2. The molecule has 0 aliphatic heterocycles. The smallest absolute Gasteiger partial charge is 0.344 e. The van der Waals surface area contributed by atoms with E-state index in [0.717, 1.165) is 0 Å². The third kappa shape index (κ3) is 3.40. The highest BCUT2D eigenvalue weighted by Crippen LogP contribution is 2.30. The van der Waals surface area contributed by atoms with Gasteiger partial charge in [0.05, 0.1) is 0 Å². The van der Waals surface area contributed by atoms with Crippen LogP contribution in [0, 0.1) is 13.8 Å². The Morgan fingerprint density at radius 1 is 1.21 bits per heavy atom. The van der Waals surface area contributed by atoms with Gasteiger partial charge in [0, 0.05) is 22.9 Å². The molecular weight excluding hydrogens is 316 g/mol. The molecule has 0 saturated carbocycles. The van der Waals surface area contributed by atoms with Crippen LogP contribution in [-0.2, 0) is 16.0 Å². The van der Waals surface area contributed by atoms with Gasteiger partial charge in [0.1, 0.15) is 11.3 Å². The van der Waals surface area contributed by atoms with Gasteiger partial charge in [-0.1, -0.05) is 0 Å². The minimum Gasteiger partial charge on any atom is -0.481 e. The highest BCUT2D eigenvalue weighted by molar-refractivity contribution is 5.86. The third-order valence-corrected chi connectivity index (χ3v) is 3.89. The molecule has 1 atom stereocenters. The van der Waals surface area contributed by atoms with Crippen LogP contribution >= 0.6 is 0 Å². The Kier molecular flexibility index (Phi) is 4.92. The molecule has 0 saturated heterocycles. The van der Waals surface area contributed by atoms with Crippen molar-refractivity contribution in [2.24, 2.45) is 0 Å². The number of hydrogen-bond acceptors (Lipinski definition) is 5. The van der Waals surface area contributed by atoms with E-state index in [1.165, 1.54) is 6.92 Å². The van der Waals surface area contributed by atoms with E-state index in [0.29, 0.717) is 33.4 Å². The Bertz CT molecular complexity index is 863. The first-order chi connectivity index (χ1) is 11.2. The number of aryl methyl sites for hydroxylation is 2.